The van der Waals surface area contributed by atoms with Gasteiger partial charge in [0.25, 0.3) is 5.91 Å². The van der Waals surface area contributed by atoms with Gasteiger partial charge in [0, 0.05) is 10.6 Å². The van der Waals surface area contributed by atoms with Crippen molar-refractivity contribution in [3.63, 3.8) is 0 Å². The third-order valence-electron chi connectivity index (χ3n) is 5.45. The van der Waals surface area contributed by atoms with Gasteiger partial charge < -0.3 is 14.8 Å². The number of sulfonamides is 1. The molecular weight excluding hydrogens is 476 g/mol. The molecule has 1 aliphatic heterocycles. The minimum Gasteiger partial charge on any atom is -0.486 e. The Bertz CT molecular complexity index is 1290. The maximum atomic E-state index is 12.8. The number of anilines is 1. The van der Waals surface area contributed by atoms with Crippen LogP contribution >= 0.6 is 11.6 Å². The van der Waals surface area contributed by atoms with Crippen LogP contribution in [0.4, 0.5) is 5.69 Å². The van der Waals surface area contributed by atoms with E-state index in [1.807, 2.05) is 25.1 Å². The highest BCUT2D eigenvalue weighted by molar-refractivity contribution is 7.92. The molecule has 0 aromatic heterocycles. The highest BCUT2D eigenvalue weighted by atomic mass is 35.5. The number of carbonyl (C=O) groups is 1. The number of carbonyl (C=O) groups excluding carboxylic acids is 1. The molecule has 1 N–H and O–H groups in total. The topological polar surface area (TPSA) is 84.9 Å². The Morgan fingerprint density at radius 2 is 1.74 bits per heavy atom. The zero-order valence-electron chi connectivity index (χ0n) is 18.8. The van der Waals surface area contributed by atoms with E-state index in [-0.39, 0.29) is 18.5 Å². The average molecular weight is 501 g/mol. The highest BCUT2D eigenvalue weighted by Gasteiger charge is 2.19. The number of hydrogen-bond donors (Lipinski definition) is 1. The Morgan fingerprint density at radius 1 is 1.03 bits per heavy atom. The third-order valence-corrected chi connectivity index (χ3v) is 6.83. The third kappa shape index (κ3) is 5.63. The van der Waals surface area contributed by atoms with E-state index in [9.17, 15) is 13.2 Å². The minimum absolute atomic E-state index is 0.120. The lowest BCUT2D eigenvalue weighted by atomic mass is 10.1. The standard InChI is InChI=1S/C25H25ClN2O5S/c1-17(20-10-11-23-24(14-20)33-13-12-32-23)27-25(29)19-8-6-18(7-9-19)16-28(34(2,30)31)22-5-3-4-21(26)15-22/h3-11,14-15,17H,12-13,16H2,1-2H3,(H,27,29)/t17-/m0/s1. The Hall–Kier alpha value is -3.23. The number of ether oxygens (including phenoxy) is 2. The van der Waals surface area contributed by atoms with Crippen LogP contribution in [0, 0.1) is 0 Å². The summed E-state index contributed by atoms with van der Waals surface area (Å²) in [4.78, 5) is 12.8. The van der Waals surface area contributed by atoms with Gasteiger partial charge in [0.05, 0.1) is 24.5 Å². The molecule has 1 heterocycles. The molecule has 3 aromatic rings. The van der Waals surface area contributed by atoms with Crippen molar-refractivity contribution in [2.75, 3.05) is 23.8 Å². The summed E-state index contributed by atoms with van der Waals surface area (Å²) >= 11 is 6.04. The van der Waals surface area contributed by atoms with Crippen LogP contribution in [0.3, 0.4) is 0 Å². The van der Waals surface area contributed by atoms with Gasteiger partial charge in [-0.05, 0) is 60.5 Å². The molecule has 0 fully saturated rings. The van der Waals surface area contributed by atoms with Crippen LogP contribution in [-0.2, 0) is 16.6 Å². The number of halogens is 1. The molecule has 3 aromatic carbocycles. The van der Waals surface area contributed by atoms with Gasteiger partial charge >= 0.3 is 0 Å². The molecule has 0 saturated carbocycles. The van der Waals surface area contributed by atoms with Crippen molar-refractivity contribution < 1.29 is 22.7 Å². The number of benzene rings is 3. The molecule has 7 nitrogen and oxygen atoms in total. The first kappa shape index (κ1) is 23.9. The van der Waals surface area contributed by atoms with E-state index >= 15 is 0 Å². The van der Waals surface area contributed by atoms with Gasteiger partial charge in [-0.3, -0.25) is 9.10 Å². The first-order valence-electron chi connectivity index (χ1n) is 10.7. The lowest BCUT2D eigenvalue weighted by Gasteiger charge is -2.23. The van der Waals surface area contributed by atoms with Gasteiger partial charge in [0.15, 0.2) is 11.5 Å². The van der Waals surface area contributed by atoms with Crippen molar-refractivity contribution in [2.45, 2.75) is 19.5 Å². The predicted molar refractivity (Wildman–Crippen MR) is 132 cm³/mol. The fourth-order valence-electron chi connectivity index (χ4n) is 3.65. The molecule has 1 atom stereocenters. The molecule has 0 spiro atoms. The zero-order chi connectivity index (χ0) is 24.3. The molecule has 0 saturated heterocycles. The van der Waals surface area contributed by atoms with E-state index in [0.29, 0.717) is 41.0 Å². The minimum atomic E-state index is -3.54. The summed E-state index contributed by atoms with van der Waals surface area (Å²) in [6.07, 6.45) is 1.15. The van der Waals surface area contributed by atoms with Gasteiger partial charge in [-0.1, -0.05) is 35.9 Å². The van der Waals surface area contributed by atoms with Crippen LogP contribution in [0.1, 0.15) is 34.5 Å². The molecule has 4 rings (SSSR count). The summed E-state index contributed by atoms with van der Waals surface area (Å²) in [6, 6.07) is 18.9. The lowest BCUT2D eigenvalue weighted by molar-refractivity contribution is 0.0939. The van der Waals surface area contributed by atoms with E-state index in [1.165, 1.54) is 4.31 Å². The number of amides is 1. The van der Waals surface area contributed by atoms with Gasteiger partial charge in [-0.25, -0.2) is 8.42 Å². The number of hydrogen-bond acceptors (Lipinski definition) is 5. The van der Waals surface area contributed by atoms with Gasteiger partial charge in [0.2, 0.25) is 10.0 Å². The normalized spacial score (nSPS) is 13.7. The number of fused-ring (bicyclic) bond motifs is 1. The highest BCUT2D eigenvalue weighted by Crippen LogP contribution is 2.32. The zero-order valence-corrected chi connectivity index (χ0v) is 20.4. The van der Waals surface area contributed by atoms with Gasteiger partial charge in [-0.15, -0.1) is 0 Å². The second kappa shape index (κ2) is 9.95. The van der Waals surface area contributed by atoms with E-state index < -0.39 is 10.0 Å². The predicted octanol–water partition coefficient (Wildman–Crippen LogP) is 4.57. The molecule has 0 aliphatic carbocycles. The fraction of sp³-hybridized carbons (Fsp3) is 0.240. The number of nitrogens with one attached hydrogen (secondary N) is 1. The second-order valence-corrected chi connectivity index (χ2v) is 10.4. The molecule has 0 bridgehead atoms. The quantitative estimate of drug-likeness (QED) is 0.513. The van der Waals surface area contributed by atoms with Crippen molar-refractivity contribution in [3.05, 3.63) is 88.4 Å². The number of nitrogens with zero attached hydrogens (tertiary/aromatic N) is 1. The first-order chi connectivity index (χ1) is 16.2. The molecule has 0 unspecified atom stereocenters. The van der Waals surface area contributed by atoms with Crippen LogP contribution in [0.2, 0.25) is 5.02 Å². The second-order valence-electron chi connectivity index (χ2n) is 8.04. The Labute approximate surface area is 204 Å². The maximum absolute atomic E-state index is 12.8. The van der Waals surface area contributed by atoms with Crippen LogP contribution in [0.15, 0.2) is 66.7 Å². The van der Waals surface area contributed by atoms with Gasteiger partial charge in [0.1, 0.15) is 13.2 Å². The van der Waals surface area contributed by atoms with Crippen molar-refractivity contribution in [1.82, 2.24) is 5.32 Å². The van der Waals surface area contributed by atoms with Crippen molar-refractivity contribution in [3.8, 4) is 11.5 Å². The maximum Gasteiger partial charge on any atom is 0.251 e. The van der Waals surface area contributed by atoms with E-state index in [4.69, 9.17) is 21.1 Å². The fourth-order valence-corrected chi connectivity index (χ4v) is 4.72. The van der Waals surface area contributed by atoms with Crippen LogP contribution in [-0.4, -0.2) is 33.8 Å². The summed E-state index contributed by atoms with van der Waals surface area (Å²) in [7, 11) is -3.54. The smallest absolute Gasteiger partial charge is 0.251 e. The van der Waals surface area contributed by atoms with E-state index in [2.05, 4.69) is 5.32 Å². The summed E-state index contributed by atoms with van der Waals surface area (Å²) in [5.74, 6) is 1.14. The Kier molecular flexibility index (Phi) is 7.00. The van der Waals surface area contributed by atoms with Crippen molar-refractivity contribution in [2.24, 2.45) is 0 Å². The summed E-state index contributed by atoms with van der Waals surface area (Å²) in [6.45, 7) is 3.04. The number of rotatable bonds is 7. The van der Waals surface area contributed by atoms with Gasteiger partial charge in [-0.2, -0.15) is 0 Å². The van der Waals surface area contributed by atoms with Crippen LogP contribution in [0.5, 0.6) is 11.5 Å². The van der Waals surface area contributed by atoms with E-state index in [1.54, 1.807) is 48.5 Å². The molecule has 1 aliphatic rings. The SMILES string of the molecule is C[C@H](NC(=O)c1ccc(CN(c2cccc(Cl)c2)S(C)(=O)=O)cc1)c1ccc2c(c1)OCCO2. The molecule has 34 heavy (non-hydrogen) atoms. The van der Waals surface area contributed by atoms with Crippen LogP contribution in [0.25, 0.3) is 0 Å². The monoisotopic (exact) mass is 500 g/mol. The van der Waals surface area contributed by atoms with Crippen molar-refractivity contribution in [1.29, 1.82) is 0 Å². The summed E-state index contributed by atoms with van der Waals surface area (Å²) in [5, 5.41) is 3.43. The van der Waals surface area contributed by atoms with Crippen molar-refractivity contribution >= 4 is 33.2 Å². The largest absolute Gasteiger partial charge is 0.486 e. The molecule has 9 heteroatoms. The van der Waals surface area contributed by atoms with Crippen LogP contribution < -0.4 is 19.1 Å². The first-order valence-corrected chi connectivity index (χ1v) is 13.0. The summed E-state index contributed by atoms with van der Waals surface area (Å²) in [5.41, 5.74) is 2.59. The average Bonchev–Trinajstić information content (AvgIpc) is 2.81. The molecule has 178 valence electrons. The molecule has 0 radical (unpaired) electrons. The Morgan fingerprint density at radius 3 is 2.41 bits per heavy atom. The molecule has 1 amide bonds. The van der Waals surface area contributed by atoms with E-state index in [0.717, 1.165) is 17.4 Å². The molecular formula is C25H25ClN2O5S. The Balaban J connectivity index is 1.44. The summed E-state index contributed by atoms with van der Waals surface area (Å²) < 4.78 is 37.2. The lowest BCUT2D eigenvalue weighted by Crippen LogP contribution is -2.29.